The van der Waals surface area contributed by atoms with Crippen LogP contribution in [0.2, 0.25) is 0 Å². The molecule has 1 fully saturated rings. The van der Waals surface area contributed by atoms with Gasteiger partial charge in [-0.1, -0.05) is 12.1 Å². The summed E-state index contributed by atoms with van der Waals surface area (Å²) in [6, 6.07) is 12.7. The maximum absolute atomic E-state index is 12.6. The van der Waals surface area contributed by atoms with E-state index < -0.39 is 21.8 Å². The third kappa shape index (κ3) is 3.18. The highest BCUT2D eigenvalue weighted by atomic mass is 32.2. The molecule has 1 aliphatic heterocycles. The molecule has 1 amide bonds. The van der Waals surface area contributed by atoms with E-state index in [0.717, 1.165) is 0 Å². The molecule has 1 aliphatic rings. The highest BCUT2D eigenvalue weighted by Crippen LogP contribution is 2.26. The smallest absolute Gasteiger partial charge is 0.408 e. The van der Waals surface area contributed by atoms with Crippen LogP contribution in [-0.4, -0.2) is 31.2 Å². The Hall–Kier alpha value is -3.07. The number of hydrogen-bond donors (Lipinski definition) is 1. The largest absolute Gasteiger partial charge is 0.420 e. The van der Waals surface area contributed by atoms with E-state index >= 15 is 0 Å². The molecule has 0 saturated carbocycles. The lowest BCUT2D eigenvalue weighted by Gasteiger charge is -2.18. The number of carbonyl (C=O) groups excluding carboxylic acids is 1. The molecule has 1 atom stereocenters. The van der Waals surface area contributed by atoms with Crippen LogP contribution in [0.1, 0.15) is 19.4 Å². The first kappa shape index (κ1) is 18.3. The number of para-hydroxylation sites is 2. The molecular weight excluding hydrogens is 382 g/mol. The monoisotopic (exact) mass is 401 g/mol. The molecule has 4 rings (SSSR count). The minimum atomic E-state index is -3.25. The van der Waals surface area contributed by atoms with E-state index in [0.29, 0.717) is 35.4 Å². The molecule has 3 aromatic rings. The van der Waals surface area contributed by atoms with Gasteiger partial charge in [0.1, 0.15) is 6.04 Å². The summed E-state index contributed by atoms with van der Waals surface area (Å²) < 4.78 is 31.9. The van der Waals surface area contributed by atoms with Gasteiger partial charge < -0.3 is 9.73 Å². The Morgan fingerprint density at radius 3 is 2.54 bits per heavy atom. The summed E-state index contributed by atoms with van der Waals surface area (Å²) in [7, 11) is -3.25. The lowest BCUT2D eigenvalue weighted by Crippen LogP contribution is -2.29. The fraction of sp³-hybridized carbons (Fsp3) is 0.263. The number of nitrogens with zero attached hydrogens (tertiary/aromatic N) is 2. The fourth-order valence-corrected chi connectivity index (χ4v) is 4.92. The highest BCUT2D eigenvalue weighted by molar-refractivity contribution is 7.93. The predicted octanol–water partition coefficient (Wildman–Crippen LogP) is 2.33. The van der Waals surface area contributed by atoms with Crippen molar-refractivity contribution in [2.45, 2.75) is 19.4 Å². The van der Waals surface area contributed by atoms with Crippen molar-refractivity contribution in [2.24, 2.45) is 0 Å². The van der Waals surface area contributed by atoms with Crippen LogP contribution in [0.15, 0.2) is 57.7 Å². The average Bonchev–Trinajstić information content (AvgIpc) is 3.19. The van der Waals surface area contributed by atoms with Crippen molar-refractivity contribution in [2.75, 3.05) is 21.9 Å². The van der Waals surface area contributed by atoms with Crippen molar-refractivity contribution >= 4 is 38.4 Å². The Kier molecular flexibility index (Phi) is 4.46. The number of oxazole rings is 1. The summed E-state index contributed by atoms with van der Waals surface area (Å²) in [5.74, 6) is -0.829. The molecule has 0 aliphatic carbocycles. The number of amides is 1. The van der Waals surface area contributed by atoms with Crippen molar-refractivity contribution in [1.29, 1.82) is 0 Å². The van der Waals surface area contributed by atoms with Crippen LogP contribution in [0, 0.1) is 0 Å². The zero-order chi connectivity index (χ0) is 19.9. The zero-order valence-corrected chi connectivity index (χ0v) is 16.0. The van der Waals surface area contributed by atoms with E-state index in [1.807, 2.05) is 0 Å². The number of sulfonamides is 1. The molecule has 8 nitrogen and oxygen atoms in total. The van der Waals surface area contributed by atoms with Gasteiger partial charge in [0.25, 0.3) is 0 Å². The molecular formula is C19H19N3O5S. The molecule has 9 heteroatoms. The van der Waals surface area contributed by atoms with E-state index in [9.17, 15) is 18.0 Å². The maximum Gasteiger partial charge on any atom is 0.420 e. The van der Waals surface area contributed by atoms with E-state index in [1.54, 1.807) is 55.5 Å². The number of anilines is 2. The predicted molar refractivity (Wildman–Crippen MR) is 106 cm³/mol. The summed E-state index contributed by atoms with van der Waals surface area (Å²) in [5.41, 5.74) is 2.05. The molecule has 2 aromatic carbocycles. The van der Waals surface area contributed by atoms with Crippen molar-refractivity contribution in [3.63, 3.8) is 0 Å². The Balaban J connectivity index is 1.53. The molecule has 1 N–H and O–H groups in total. The molecule has 0 spiro atoms. The standard InChI is InChI=1S/C19H19N3O5S/c1-13(22-16-5-2-3-6-17(16)27-19(22)24)18(23)20-14-7-9-15(10-8-14)21-11-4-12-28(21,25)26/h2-3,5-10,13H,4,11-12H2,1H3,(H,20,23). The quantitative estimate of drug-likeness (QED) is 0.723. The third-order valence-corrected chi connectivity index (χ3v) is 6.68. The maximum atomic E-state index is 12.6. The second-order valence-corrected chi connectivity index (χ2v) is 8.67. The molecule has 0 radical (unpaired) electrons. The van der Waals surface area contributed by atoms with Crippen LogP contribution < -0.4 is 15.4 Å². The summed E-state index contributed by atoms with van der Waals surface area (Å²) in [6.07, 6.45) is 0.603. The van der Waals surface area contributed by atoms with Gasteiger partial charge in [-0.2, -0.15) is 0 Å². The van der Waals surface area contributed by atoms with Crippen LogP contribution in [0.5, 0.6) is 0 Å². The summed E-state index contributed by atoms with van der Waals surface area (Å²) in [5, 5.41) is 2.75. The Bertz CT molecular complexity index is 1190. The normalized spacial score (nSPS) is 17.0. The molecule has 28 heavy (non-hydrogen) atoms. The Morgan fingerprint density at radius 2 is 1.86 bits per heavy atom. The summed E-state index contributed by atoms with van der Waals surface area (Å²) in [4.78, 5) is 24.8. The number of hydrogen-bond acceptors (Lipinski definition) is 5. The van der Waals surface area contributed by atoms with E-state index in [-0.39, 0.29) is 11.7 Å². The van der Waals surface area contributed by atoms with Gasteiger partial charge in [-0.05, 0) is 49.7 Å². The van der Waals surface area contributed by atoms with E-state index in [4.69, 9.17) is 4.42 Å². The van der Waals surface area contributed by atoms with Gasteiger partial charge in [0.2, 0.25) is 15.9 Å². The zero-order valence-electron chi connectivity index (χ0n) is 15.2. The van der Waals surface area contributed by atoms with Gasteiger partial charge in [0, 0.05) is 12.2 Å². The third-order valence-electron chi connectivity index (χ3n) is 4.81. The SMILES string of the molecule is CC(C(=O)Nc1ccc(N2CCCS2(=O)=O)cc1)n1c(=O)oc2ccccc21. The lowest BCUT2D eigenvalue weighted by atomic mass is 10.2. The van der Waals surface area contributed by atoms with Crippen LogP contribution in [0.4, 0.5) is 11.4 Å². The second kappa shape index (κ2) is 6.83. The number of nitrogens with one attached hydrogen (secondary N) is 1. The molecule has 1 unspecified atom stereocenters. The first-order chi connectivity index (χ1) is 13.4. The van der Waals surface area contributed by atoms with Gasteiger partial charge in [-0.3, -0.25) is 13.7 Å². The molecule has 1 saturated heterocycles. The topological polar surface area (TPSA) is 102 Å². The summed E-state index contributed by atoms with van der Waals surface area (Å²) in [6.45, 7) is 2.07. The minimum absolute atomic E-state index is 0.149. The van der Waals surface area contributed by atoms with Gasteiger partial charge in [0.05, 0.1) is 17.0 Å². The average molecular weight is 401 g/mol. The molecule has 146 valence electrons. The van der Waals surface area contributed by atoms with Crippen LogP contribution in [0.25, 0.3) is 11.1 Å². The Labute approximate surface area is 161 Å². The van der Waals surface area contributed by atoms with Crippen molar-refractivity contribution in [3.05, 3.63) is 59.1 Å². The molecule has 2 heterocycles. The van der Waals surface area contributed by atoms with Crippen LogP contribution >= 0.6 is 0 Å². The first-order valence-corrected chi connectivity index (χ1v) is 10.5. The van der Waals surface area contributed by atoms with E-state index in [2.05, 4.69) is 5.32 Å². The van der Waals surface area contributed by atoms with Crippen molar-refractivity contribution in [3.8, 4) is 0 Å². The number of rotatable bonds is 4. The van der Waals surface area contributed by atoms with Crippen molar-refractivity contribution in [1.82, 2.24) is 4.57 Å². The number of benzene rings is 2. The first-order valence-electron chi connectivity index (χ1n) is 8.88. The summed E-state index contributed by atoms with van der Waals surface area (Å²) >= 11 is 0. The van der Waals surface area contributed by atoms with Gasteiger partial charge >= 0.3 is 5.76 Å². The lowest BCUT2D eigenvalue weighted by molar-refractivity contribution is -0.118. The molecule has 1 aromatic heterocycles. The number of carbonyl (C=O) groups is 1. The fourth-order valence-electron chi connectivity index (χ4n) is 3.36. The van der Waals surface area contributed by atoms with Gasteiger partial charge in [-0.15, -0.1) is 0 Å². The van der Waals surface area contributed by atoms with Crippen LogP contribution in [0.3, 0.4) is 0 Å². The number of aromatic nitrogens is 1. The molecule has 0 bridgehead atoms. The van der Waals surface area contributed by atoms with E-state index in [1.165, 1.54) is 8.87 Å². The number of fused-ring (bicyclic) bond motifs is 1. The second-order valence-electron chi connectivity index (χ2n) is 6.66. The van der Waals surface area contributed by atoms with Gasteiger partial charge in [0.15, 0.2) is 5.58 Å². The van der Waals surface area contributed by atoms with Gasteiger partial charge in [-0.25, -0.2) is 13.2 Å². The van der Waals surface area contributed by atoms with Crippen LogP contribution in [-0.2, 0) is 14.8 Å². The Morgan fingerprint density at radius 1 is 1.14 bits per heavy atom. The highest BCUT2D eigenvalue weighted by Gasteiger charge is 2.28. The van der Waals surface area contributed by atoms with Crippen molar-refractivity contribution < 1.29 is 17.6 Å². The minimum Gasteiger partial charge on any atom is -0.408 e.